The summed E-state index contributed by atoms with van der Waals surface area (Å²) in [6, 6.07) is 0. The Hall–Kier alpha value is -0.610. The lowest BCUT2D eigenvalue weighted by atomic mass is 10.1. The third kappa shape index (κ3) is 1.42. The minimum absolute atomic E-state index is 0.351. The first kappa shape index (κ1) is 9.93. The van der Waals surface area contributed by atoms with Gasteiger partial charge in [-0.1, -0.05) is 25.4 Å². The number of H-pyrrole nitrogens is 1. The smallest absolute Gasteiger partial charge is 0.143 e. The minimum Gasteiger partial charge on any atom is -0.329 e. The van der Waals surface area contributed by atoms with E-state index in [1.54, 1.807) is 6.33 Å². The number of hydrogen-bond acceptors (Lipinski definition) is 2. The van der Waals surface area contributed by atoms with Gasteiger partial charge in [0.2, 0.25) is 0 Å². The predicted molar refractivity (Wildman–Crippen MR) is 60.7 cm³/mol. The predicted octanol–water partition coefficient (Wildman–Crippen LogP) is 3.50. The monoisotopic (exact) mass is 273 g/mol. The Kier molecular flexibility index (Phi) is 2.49. The number of nitrogens with zero attached hydrogens (tertiary/aromatic N) is 2. The average Bonchev–Trinajstić information content (AvgIpc) is 2.43. The highest BCUT2D eigenvalue weighted by Crippen LogP contribution is 2.33. The van der Waals surface area contributed by atoms with E-state index in [9.17, 15) is 0 Å². The molecule has 2 aromatic rings. The Labute approximate surface area is 95.0 Å². The Bertz CT molecular complexity index is 478. The maximum absolute atomic E-state index is 5.96. The number of rotatable bonds is 1. The molecule has 1 N–H and O–H groups in total. The third-order valence-corrected chi connectivity index (χ3v) is 3.37. The lowest BCUT2D eigenvalue weighted by Gasteiger charge is -2.04. The highest BCUT2D eigenvalue weighted by Gasteiger charge is 2.15. The van der Waals surface area contributed by atoms with Crippen LogP contribution in [0.2, 0.25) is 5.15 Å². The van der Waals surface area contributed by atoms with Crippen LogP contribution in [0.1, 0.15) is 25.5 Å². The molecule has 0 saturated heterocycles. The molecule has 2 rings (SSSR count). The fourth-order valence-corrected chi connectivity index (χ4v) is 2.09. The quantitative estimate of drug-likeness (QED) is 0.865. The molecule has 0 aromatic carbocycles. The Balaban J connectivity index is 2.84. The van der Waals surface area contributed by atoms with Crippen molar-refractivity contribution < 1.29 is 0 Å². The second-order valence-electron chi connectivity index (χ2n) is 3.39. The summed E-state index contributed by atoms with van der Waals surface area (Å²) in [6.07, 6.45) is 1.55. The minimum atomic E-state index is 0.351. The van der Waals surface area contributed by atoms with Crippen LogP contribution < -0.4 is 0 Å². The van der Waals surface area contributed by atoms with Gasteiger partial charge >= 0.3 is 0 Å². The molecule has 0 saturated carbocycles. The van der Waals surface area contributed by atoms with Crippen molar-refractivity contribution in [3.63, 3.8) is 0 Å². The lowest BCUT2D eigenvalue weighted by Crippen LogP contribution is -1.94. The summed E-state index contributed by atoms with van der Waals surface area (Å²) >= 11 is 9.39. The van der Waals surface area contributed by atoms with Crippen molar-refractivity contribution in [2.24, 2.45) is 0 Å². The molecule has 74 valence electrons. The molecule has 0 amide bonds. The molecule has 2 aromatic heterocycles. The molecule has 0 atom stereocenters. The summed E-state index contributed by atoms with van der Waals surface area (Å²) in [5.41, 5.74) is 1.78. The molecule has 5 heteroatoms. The van der Waals surface area contributed by atoms with Gasteiger partial charge in [-0.05, 0) is 21.8 Å². The van der Waals surface area contributed by atoms with Gasteiger partial charge < -0.3 is 4.98 Å². The summed E-state index contributed by atoms with van der Waals surface area (Å²) < 4.78 is 0.846. The van der Waals surface area contributed by atoms with Gasteiger partial charge in [0.05, 0.1) is 15.6 Å². The molecule has 2 heterocycles. The summed E-state index contributed by atoms with van der Waals surface area (Å²) in [6.45, 7) is 4.18. The summed E-state index contributed by atoms with van der Waals surface area (Å²) in [4.78, 5) is 11.4. The zero-order valence-electron chi connectivity index (χ0n) is 7.81. The van der Waals surface area contributed by atoms with Gasteiger partial charge in [0.1, 0.15) is 17.1 Å². The Morgan fingerprint density at radius 1 is 1.43 bits per heavy atom. The van der Waals surface area contributed by atoms with Crippen LogP contribution in [0.15, 0.2) is 10.8 Å². The van der Waals surface area contributed by atoms with Gasteiger partial charge in [-0.25, -0.2) is 9.97 Å². The van der Waals surface area contributed by atoms with Crippen molar-refractivity contribution in [3.8, 4) is 0 Å². The number of aromatic nitrogens is 3. The molecule has 0 unspecified atom stereocenters. The van der Waals surface area contributed by atoms with E-state index in [0.29, 0.717) is 11.1 Å². The van der Waals surface area contributed by atoms with E-state index in [4.69, 9.17) is 11.6 Å². The van der Waals surface area contributed by atoms with E-state index >= 15 is 0 Å². The van der Waals surface area contributed by atoms with Crippen LogP contribution in [-0.2, 0) is 0 Å². The van der Waals surface area contributed by atoms with Crippen molar-refractivity contribution >= 4 is 38.6 Å². The second kappa shape index (κ2) is 3.51. The largest absolute Gasteiger partial charge is 0.329 e. The number of hydrogen-bond donors (Lipinski definition) is 1. The molecule has 0 aliphatic heterocycles. The van der Waals surface area contributed by atoms with Gasteiger partial charge in [-0.15, -0.1) is 0 Å². The van der Waals surface area contributed by atoms with E-state index in [0.717, 1.165) is 21.2 Å². The SMILES string of the molecule is CC(C)c1ncnc2[nH]c(Cl)c(Br)c12. The Morgan fingerprint density at radius 2 is 2.14 bits per heavy atom. The first-order valence-electron chi connectivity index (χ1n) is 4.28. The van der Waals surface area contributed by atoms with E-state index in [2.05, 4.69) is 44.7 Å². The highest BCUT2D eigenvalue weighted by atomic mass is 79.9. The van der Waals surface area contributed by atoms with Crippen LogP contribution in [0.4, 0.5) is 0 Å². The molecule has 0 radical (unpaired) electrons. The number of halogens is 2. The number of fused-ring (bicyclic) bond motifs is 1. The van der Waals surface area contributed by atoms with Crippen LogP contribution >= 0.6 is 27.5 Å². The van der Waals surface area contributed by atoms with Crippen LogP contribution in [0.3, 0.4) is 0 Å². The van der Waals surface area contributed by atoms with Gasteiger partial charge in [-0.3, -0.25) is 0 Å². The first-order valence-corrected chi connectivity index (χ1v) is 5.46. The maximum Gasteiger partial charge on any atom is 0.143 e. The van der Waals surface area contributed by atoms with E-state index in [1.807, 2.05) is 0 Å². The summed E-state index contributed by atoms with van der Waals surface area (Å²) in [5.74, 6) is 0.351. The van der Waals surface area contributed by atoms with Crippen molar-refractivity contribution in [3.05, 3.63) is 21.6 Å². The summed E-state index contributed by atoms with van der Waals surface area (Å²) in [7, 11) is 0. The molecule has 0 fully saturated rings. The summed E-state index contributed by atoms with van der Waals surface area (Å²) in [5, 5.41) is 1.55. The fourth-order valence-electron chi connectivity index (χ4n) is 1.42. The van der Waals surface area contributed by atoms with Crippen molar-refractivity contribution in [2.45, 2.75) is 19.8 Å². The van der Waals surface area contributed by atoms with Crippen LogP contribution in [0, 0.1) is 0 Å². The number of nitrogens with one attached hydrogen (secondary N) is 1. The van der Waals surface area contributed by atoms with E-state index in [1.165, 1.54) is 0 Å². The molecule has 3 nitrogen and oxygen atoms in total. The second-order valence-corrected chi connectivity index (χ2v) is 4.56. The zero-order chi connectivity index (χ0) is 10.3. The zero-order valence-corrected chi connectivity index (χ0v) is 10.1. The van der Waals surface area contributed by atoms with Crippen LogP contribution in [-0.4, -0.2) is 15.0 Å². The molecule has 0 spiro atoms. The van der Waals surface area contributed by atoms with Gasteiger partial charge in [0.15, 0.2) is 0 Å². The van der Waals surface area contributed by atoms with Crippen molar-refractivity contribution in [2.75, 3.05) is 0 Å². The first-order chi connectivity index (χ1) is 6.61. The molecular formula is C9H9BrClN3. The average molecular weight is 275 g/mol. The van der Waals surface area contributed by atoms with Crippen molar-refractivity contribution in [1.82, 2.24) is 15.0 Å². The molecule has 0 bridgehead atoms. The van der Waals surface area contributed by atoms with Gasteiger partial charge in [0, 0.05) is 0 Å². The molecule has 14 heavy (non-hydrogen) atoms. The lowest BCUT2D eigenvalue weighted by molar-refractivity contribution is 0.828. The van der Waals surface area contributed by atoms with E-state index < -0.39 is 0 Å². The maximum atomic E-state index is 5.96. The van der Waals surface area contributed by atoms with Crippen molar-refractivity contribution in [1.29, 1.82) is 0 Å². The molecule has 0 aliphatic rings. The molecule has 0 aliphatic carbocycles. The number of aromatic amines is 1. The van der Waals surface area contributed by atoms with Crippen LogP contribution in [0.5, 0.6) is 0 Å². The standard InChI is InChI=1S/C9H9BrClN3/c1-4(2)7-5-6(10)8(11)14-9(5)13-3-12-7/h3-4H,1-2H3,(H,12,13,14). The Morgan fingerprint density at radius 3 is 2.79 bits per heavy atom. The fraction of sp³-hybridized carbons (Fsp3) is 0.333. The van der Waals surface area contributed by atoms with E-state index in [-0.39, 0.29) is 0 Å². The van der Waals surface area contributed by atoms with Crippen LogP contribution in [0.25, 0.3) is 11.0 Å². The highest BCUT2D eigenvalue weighted by molar-refractivity contribution is 9.10. The topological polar surface area (TPSA) is 41.6 Å². The normalized spacial score (nSPS) is 11.5. The molecular weight excluding hydrogens is 265 g/mol. The third-order valence-electron chi connectivity index (χ3n) is 2.06. The van der Waals surface area contributed by atoms with Gasteiger partial charge in [0.25, 0.3) is 0 Å². The van der Waals surface area contributed by atoms with Gasteiger partial charge in [-0.2, -0.15) is 0 Å².